The molecule has 2 rings (SSSR count). The first-order valence-corrected chi connectivity index (χ1v) is 8.41. The number of carbonyl (C=O) groups is 2. The first-order chi connectivity index (χ1) is 12.0. The second-order valence-electron chi connectivity index (χ2n) is 5.26. The van der Waals surface area contributed by atoms with Crippen LogP contribution in [0.4, 0.5) is 5.69 Å². The van der Waals surface area contributed by atoms with Crippen LogP contribution in [0.15, 0.2) is 46.9 Å². The van der Waals surface area contributed by atoms with Crippen molar-refractivity contribution >= 4 is 33.4 Å². The van der Waals surface area contributed by atoms with Crippen molar-refractivity contribution in [1.82, 2.24) is 0 Å². The number of nitrogens with two attached hydrogens (primary N) is 1. The van der Waals surface area contributed by atoms with E-state index < -0.39 is 5.91 Å². The third-order valence-electron chi connectivity index (χ3n) is 3.40. The van der Waals surface area contributed by atoms with Gasteiger partial charge in [0.25, 0.3) is 5.91 Å². The van der Waals surface area contributed by atoms with E-state index in [-0.39, 0.29) is 12.5 Å². The summed E-state index contributed by atoms with van der Waals surface area (Å²) in [7, 11) is 1.49. The molecular weight excluding hydrogens is 388 g/mol. The Hall–Kier alpha value is -2.54. The summed E-state index contributed by atoms with van der Waals surface area (Å²) in [4.78, 5) is 23.0. The molecule has 2 aromatic rings. The van der Waals surface area contributed by atoms with Gasteiger partial charge in [-0.1, -0.05) is 34.1 Å². The minimum Gasteiger partial charge on any atom is -0.493 e. The highest BCUT2D eigenvalue weighted by molar-refractivity contribution is 9.10. The van der Waals surface area contributed by atoms with Gasteiger partial charge in [-0.05, 0) is 30.2 Å². The van der Waals surface area contributed by atoms with Crippen LogP contribution < -0.4 is 20.5 Å². The van der Waals surface area contributed by atoms with Gasteiger partial charge in [-0.25, -0.2) is 0 Å². The van der Waals surface area contributed by atoms with E-state index in [1.54, 1.807) is 18.2 Å². The van der Waals surface area contributed by atoms with E-state index in [4.69, 9.17) is 15.2 Å². The minimum atomic E-state index is -0.593. The second-order valence-corrected chi connectivity index (χ2v) is 6.11. The standard InChI is InChI=1S/C18H19BrN2O4/c1-24-15-8-7-13(10-16(15)25-11-17(20)22)21-18(23)9-6-12-4-2-3-5-14(12)19/h2-5,7-8,10H,6,9,11H2,1H3,(H2,20,22)(H,21,23). The third kappa shape index (κ3) is 5.79. The smallest absolute Gasteiger partial charge is 0.255 e. The number of rotatable bonds is 8. The van der Waals surface area contributed by atoms with Gasteiger partial charge in [0.05, 0.1) is 7.11 Å². The van der Waals surface area contributed by atoms with Crippen LogP contribution in [0.2, 0.25) is 0 Å². The molecule has 0 aliphatic carbocycles. The lowest BCUT2D eigenvalue weighted by Crippen LogP contribution is -2.20. The van der Waals surface area contributed by atoms with Gasteiger partial charge in [-0.3, -0.25) is 9.59 Å². The molecule has 3 N–H and O–H groups in total. The van der Waals surface area contributed by atoms with Crippen LogP contribution in [-0.2, 0) is 16.0 Å². The van der Waals surface area contributed by atoms with Gasteiger partial charge in [0.1, 0.15) is 0 Å². The van der Waals surface area contributed by atoms with E-state index in [9.17, 15) is 9.59 Å². The predicted octanol–water partition coefficient (Wildman–Crippen LogP) is 2.89. The normalized spacial score (nSPS) is 10.2. The Morgan fingerprint density at radius 2 is 1.92 bits per heavy atom. The number of halogens is 1. The molecular formula is C18H19BrN2O4. The molecule has 0 radical (unpaired) electrons. The van der Waals surface area contributed by atoms with E-state index in [0.29, 0.717) is 30.0 Å². The number of amides is 2. The van der Waals surface area contributed by atoms with E-state index in [1.807, 2.05) is 24.3 Å². The topological polar surface area (TPSA) is 90.7 Å². The molecule has 0 aliphatic heterocycles. The number of ether oxygens (including phenoxy) is 2. The van der Waals surface area contributed by atoms with Gasteiger partial charge >= 0.3 is 0 Å². The van der Waals surface area contributed by atoms with Gasteiger partial charge in [0.2, 0.25) is 5.91 Å². The Labute approximate surface area is 154 Å². The summed E-state index contributed by atoms with van der Waals surface area (Å²) in [6.07, 6.45) is 0.959. The summed E-state index contributed by atoms with van der Waals surface area (Å²) in [6.45, 7) is -0.268. The first kappa shape index (κ1) is 18.8. The average Bonchev–Trinajstić information content (AvgIpc) is 2.59. The van der Waals surface area contributed by atoms with Crippen molar-refractivity contribution in [1.29, 1.82) is 0 Å². The van der Waals surface area contributed by atoms with E-state index in [2.05, 4.69) is 21.2 Å². The molecule has 0 saturated carbocycles. The van der Waals surface area contributed by atoms with Crippen molar-refractivity contribution in [2.75, 3.05) is 19.0 Å². The van der Waals surface area contributed by atoms with Crippen molar-refractivity contribution in [2.45, 2.75) is 12.8 Å². The van der Waals surface area contributed by atoms with Gasteiger partial charge < -0.3 is 20.5 Å². The van der Waals surface area contributed by atoms with Crippen molar-refractivity contribution in [2.24, 2.45) is 5.73 Å². The highest BCUT2D eigenvalue weighted by atomic mass is 79.9. The summed E-state index contributed by atoms with van der Waals surface area (Å²) in [5.74, 6) is 0.0732. The molecule has 7 heteroatoms. The zero-order chi connectivity index (χ0) is 18.2. The van der Waals surface area contributed by atoms with Crippen LogP contribution >= 0.6 is 15.9 Å². The maximum absolute atomic E-state index is 12.2. The summed E-state index contributed by atoms with van der Waals surface area (Å²) in [5, 5.41) is 2.81. The van der Waals surface area contributed by atoms with Gasteiger partial charge in [0.15, 0.2) is 18.1 Å². The lowest BCUT2D eigenvalue weighted by atomic mass is 10.1. The van der Waals surface area contributed by atoms with E-state index in [1.165, 1.54) is 7.11 Å². The lowest BCUT2D eigenvalue weighted by molar-refractivity contribution is -0.120. The van der Waals surface area contributed by atoms with Crippen LogP contribution in [0.1, 0.15) is 12.0 Å². The van der Waals surface area contributed by atoms with Gasteiger partial charge in [-0.2, -0.15) is 0 Å². The Kier molecular flexibility index (Phi) is 6.82. The van der Waals surface area contributed by atoms with Crippen LogP contribution in [-0.4, -0.2) is 25.5 Å². The number of primary amides is 1. The highest BCUT2D eigenvalue weighted by Gasteiger charge is 2.10. The maximum Gasteiger partial charge on any atom is 0.255 e. The van der Waals surface area contributed by atoms with Crippen molar-refractivity contribution in [3.63, 3.8) is 0 Å². The molecule has 0 heterocycles. The van der Waals surface area contributed by atoms with E-state index >= 15 is 0 Å². The zero-order valence-corrected chi connectivity index (χ0v) is 15.3. The summed E-state index contributed by atoms with van der Waals surface area (Å²) < 4.78 is 11.4. The number of carbonyl (C=O) groups excluding carboxylic acids is 2. The quantitative estimate of drug-likeness (QED) is 0.704. The van der Waals surface area contributed by atoms with E-state index in [0.717, 1.165) is 10.0 Å². The van der Waals surface area contributed by atoms with Gasteiger partial charge in [-0.15, -0.1) is 0 Å². The van der Waals surface area contributed by atoms with Crippen molar-refractivity contribution in [3.8, 4) is 11.5 Å². The van der Waals surface area contributed by atoms with Crippen LogP contribution in [0.5, 0.6) is 11.5 Å². The average molecular weight is 407 g/mol. The maximum atomic E-state index is 12.2. The zero-order valence-electron chi connectivity index (χ0n) is 13.8. The highest BCUT2D eigenvalue weighted by Crippen LogP contribution is 2.30. The molecule has 0 spiro atoms. The first-order valence-electron chi connectivity index (χ1n) is 7.62. The van der Waals surface area contributed by atoms with Crippen LogP contribution in [0.25, 0.3) is 0 Å². The molecule has 0 aromatic heterocycles. The SMILES string of the molecule is COc1ccc(NC(=O)CCc2ccccc2Br)cc1OCC(N)=O. The largest absolute Gasteiger partial charge is 0.493 e. The predicted molar refractivity (Wildman–Crippen MR) is 98.8 cm³/mol. The molecule has 0 unspecified atom stereocenters. The summed E-state index contributed by atoms with van der Waals surface area (Å²) >= 11 is 3.47. The lowest BCUT2D eigenvalue weighted by Gasteiger charge is -2.12. The second kappa shape index (κ2) is 9.08. The molecule has 132 valence electrons. The molecule has 0 aliphatic rings. The fraction of sp³-hybridized carbons (Fsp3) is 0.222. The van der Waals surface area contributed by atoms with Crippen molar-refractivity contribution < 1.29 is 19.1 Å². The Morgan fingerprint density at radius 3 is 2.60 bits per heavy atom. The molecule has 0 bridgehead atoms. The number of nitrogens with one attached hydrogen (secondary N) is 1. The Balaban J connectivity index is 1.99. The number of anilines is 1. The number of methoxy groups -OCH3 is 1. The molecule has 6 nitrogen and oxygen atoms in total. The number of hydrogen-bond donors (Lipinski definition) is 2. The number of hydrogen-bond acceptors (Lipinski definition) is 4. The molecule has 2 amide bonds. The van der Waals surface area contributed by atoms with Crippen molar-refractivity contribution in [3.05, 3.63) is 52.5 Å². The Morgan fingerprint density at radius 1 is 1.16 bits per heavy atom. The number of benzene rings is 2. The third-order valence-corrected chi connectivity index (χ3v) is 4.17. The molecule has 25 heavy (non-hydrogen) atoms. The summed E-state index contributed by atoms with van der Waals surface area (Å²) in [6, 6.07) is 12.7. The number of aryl methyl sites for hydroxylation is 1. The Bertz CT molecular complexity index is 764. The summed E-state index contributed by atoms with van der Waals surface area (Å²) in [5.41, 5.74) is 6.70. The minimum absolute atomic E-state index is 0.123. The molecule has 2 aromatic carbocycles. The molecule has 0 saturated heterocycles. The van der Waals surface area contributed by atoms with Crippen LogP contribution in [0, 0.1) is 0 Å². The fourth-order valence-electron chi connectivity index (χ4n) is 2.19. The fourth-order valence-corrected chi connectivity index (χ4v) is 2.67. The van der Waals surface area contributed by atoms with Gasteiger partial charge in [0, 0.05) is 22.6 Å². The van der Waals surface area contributed by atoms with Crippen LogP contribution in [0.3, 0.4) is 0 Å². The molecule has 0 fully saturated rings. The molecule has 0 atom stereocenters. The monoisotopic (exact) mass is 406 g/mol.